The molecule has 27 heavy (non-hydrogen) atoms. The highest BCUT2D eigenvalue weighted by atomic mass is 32.2. The SMILES string of the molecule is C=COC(=O)/C(=C/C)C(NS(=O)(=O)c1ccc(C)cc1)c1ccc(F)cc1. The number of hydrogen-bond donors (Lipinski definition) is 1. The second kappa shape index (κ2) is 8.75. The third kappa shape index (κ3) is 5.12. The Morgan fingerprint density at radius 2 is 1.74 bits per heavy atom. The van der Waals surface area contributed by atoms with Crippen molar-refractivity contribution in [2.24, 2.45) is 0 Å². The van der Waals surface area contributed by atoms with E-state index in [1.165, 1.54) is 42.5 Å². The number of benzene rings is 2. The van der Waals surface area contributed by atoms with Gasteiger partial charge in [0, 0.05) is 0 Å². The zero-order valence-corrected chi connectivity index (χ0v) is 15.8. The number of ether oxygens (including phenoxy) is 1. The number of allylic oxidation sites excluding steroid dienone is 1. The summed E-state index contributed by atoms with van der Waals surface area (Å²) in [7, 11) is -3.96. The van der Waals surface area contributed by atoms with E-state index in [0.29, 0.717) is 5.56 Å². The molecule has 1 unspecified atom stereocenters. The van der Waals surface area contributed by atoms with Crippen LogP contribution in [0.4, 0.5) is 4.39 Å². The molecule has 0 heterocycles. The molecule has 0 fully saturated rings. The normalized spacial score (nSPS) is 13.1. The Balaban J connectivity index is 2.48. The zero-order valence-electron chi connectivity index (χ0n) is 15.0. The van der Waals surface area contributed by atoms with Crippen LogP contribution in [0.25, 0.3) is 0 Å². The van der Waals surface area contributed by atoms with Crippen LogP contribution in [0.1, 0.15) is 24.1 Å². The standard InChI is InChI=1S/C20H20FNO4S/c1-4-18(20(23)26-5-2)19(15-8-10-16(21)11-9-15)22-27(24,25)17-12-6-14(3)7-13-17/h4-13,19,22H,2H2,1,3H3/b18-4+. The lowest BCUT2D eigenvalue weighted by Crippen LogP contribution is -2.32. The van der Waals surface area contributed by atoms with Crippen LogP contribution in [-0.4, -0.2) is 14.4 Å². The minimum absolute atomic E-state index is 0.0488. The van der Waals surface area contributed by atoms with Crippen molar-refractivity contribution in [2.45, 2.75) is 24.8 Å². The van der Waals surface area contributed by atoms with E-state index in [4.69, 9.17) is 4.74 Å². The van der Waals surface area contributed by atoms with Crippen LogP contribution in [-0.2, 0) is 19.6 Å². The molecule has 2 aromatic carbocycles. The largest absolute Gasteiger partial charge is 0.432 e. The zero-order chi connectivity index (χ0) is 20.0. The molecule has 0 aliphatic carbocycles. The molecule has 0 saturated heterocycles. The van der Waals surface area contributed by atoms with Crippen molar-refractivity contribution in [3.05, 3.63) is 90.0 Å². The molecule has 1 atom stereocenters. The highest BCUT2D eigenvalue weighted by Gasteiger charge is 2.28. The molecule has 2 rings (SSSR count). The molecule has 0 amide bonds. The Hall–Kier alpha value is -2.77. The molecule has 0 radical (unpaired) electrons. The van der Waals surface area contributed by atoms with E-state index in [1.807, 2.05) is 6.92 Å². The molecule has 2 aromatic rings. The second-order valence-corrected chi connectivity index (χ2v) is 7.45. The summed E-state index contributed by atoms with van der Waals surface area (Å²) in [6, 6.07) is 10.4. The molecular weight excluding hydrogens is 369 g/mol. The van der Waals surface area contributed by atoms with Crippen LogP contribution < -0.4 is 4.72 Å². The fourth-order valence-corrected chi connectivity index (χ4v) is 3.66. The third-order valence-corrected chi connectivity index (χ3v) is 5.29. The summed E-state index contributed by atoms with van der Waals surface area (Å²) in [4.78, 5) is 12.3. The van der Waals surface area contributed by atoms with E-state index in [-0.39, 0.29) is 10.5 Å². The smallest absolute Gasteiger partial charge is 0.340 e. The number of sulfonamides is 1. The summed E-state index contributed by atoms with van der Waals surface area (Å²) < 4.78 is 46.2. The summed E-state index contributed by atoms with van der Waals surface area (Å²) in [5.41, 5.74) is 1.35. The maximum absolute atomic E-state index is 13.3. The number of nitrogens with one attached hydrogen (secondary N) is 1. The van der Waals surface area contributed by atoms with Crippen LogP contribution in [0.2, 0.25) is 0 Å². The minimum Gasteiger partial charge on any atom is -0.432 e. The van der Waals surface area contributed by atoms with E-state index in [0.717, 1.165) is 11.8 Å². The summed E-state index contributed by atoms with van der Waals surface area (Å²) in [6.45, 7) is 6.75. The number of aryl methyl sites for hydroxylation is 1. The first-order chi connectivity index (χ1) is 12.8. The molecular formula is C20H20FNO4S. The van der Waals surface area contributed by atoms with Crippen molar-refractivity contribution in [1.29, 1.82) is 0 Å². The van der Waals surface area contributed by atoms with Crippen LogP contribution in [0.3, 0.4) is 0 Å². The molecule has 0 aliphatic heterocycles. The lowest BCUT2D eigenvalue weighted by Gasteiger charge is -2.21. The van der Waals surface area contributed by atoms with Gasteiger partial charge in [-0.1, -0.05) is 42.5 Å². The summed E-state index contributed by atoms with van der Waals surface area (Å²) in [6.07, 6.45) is 2.40. The van der Waals surface area contributed by atoms with Gasteiger partial charge in [0.2, 0.25) is 10.0 Å². The Morgan fingerprint density at radius 3 is 2.26 bits per heavy atom. The van der Waals surface area contributed by atoms with Crippen molar-refractivity contribution < 1.29 is 22.3 Å². The fraction of sp³-hybridized carbons (Fsp3) is 0.150. The summed E-state index contributed by atoms with van der Waals surface area (Å²) in [5, 5.41) is 0. The number of halogens is 1. The maximum Gasteiger partial charge on any atom is 0.340 e. The Morgan fingerprint density at radius 1 is 1.15 bits per heavy atom. The molecule has 5 nitrogen and oxygen atoms in total. The van der Waals surface area contributed by atoms with Gasteiger partial charge in [-0.2, -0.15) is 4.72 Å². The number of carbonyl (C=O) groups excluding carboxylic acids is 1. The van der Waals surface area contributed by atoms with Crippen LogP contribution in [0.5, 0.6) is 0 Å². The number of carbonyl (C=O) groups is 1. The van der Waals surface area contributed by atoms with E-state index in [2.05, 4.69) is 11.3 Å². The minimum atomic E-state index is -3.96. The average molecular weight is 389 g/mol. The van der Waals surface area contributed by atoms with Gasteiger partial charge in [-0.3, -0.25) is 0 Å². The Bertz CT molecular complexity index is 948. The third-order valence-electron chi connectivity index (χ3n) is 3.86. The van der Waals surface area contributed by atoms with Crippen LogP contribution in [0, 0.1) is 12.7 Å². The monoisotopic (exact) mass is 389 g/mol. The predicted molar refractivity (Wildman–Crippen MR) is 101 cm³/mol. The molecule has 0 spiro atoms. The Kier molecular flexibility index (Phi) is 6.65. The van der Waals surface area contributed by atoms with Gasteiger partial charge in [-0.15, -0.1) is 0 Å². The van der Waals surface area contributed by atoms with Gasteiger partial charge >= 0.3 is 5.97 Å². The van der Waals surface area contributed by atoms with Gasteiger partial charge in [0.05, 0.1) is 22.8 Å². The highest BCUT2D eigenvalue weighted by Crippen LogP contribution is 2.26. The van der Waals surface area contributed by atoms with Crippen molar-refractivity contribution in [2.75, 3.05) is 0 Å². The summed E-state index contributed by atoms with van der Waals surface area (Å²) >= 11 is 0. The molecule has 7 heteroatoms. The van der Waals surface area contributed by atoms with Gasteiger partial charge in [-0.25, -0.2) is 17.6 Å². The molecule has 142 valence electrons. The van der Waals surface area contributed by atoms with Crippen LogP contribution in [0.15, 0.2) is 77.9 Å². The van der Waals surface area contributed by atoms with E-state index < -0.39 is 27.9 Å². The topological polar surface area (TPSA) is 72.5 Å². The molecule has 0 aliphatic rings. The first-order valence-electron chi connectivity index (χ1n) is 8.11. The van der Waals surface area contributed by atoms with Gasteiger partial charge in [-0.05, 0) is 43.7 Å². The van der Waals surface area contributed by atoms with Gasteiger partial charge in [0.25, 0.3) is 0 Å². The first-order valence-corrected chi connectivity index (χ1v) is 9.59. The highest BCUT2D eigenvalue weighted by molar-refractivity contribution is 7.89. The van der Waals surface area contributed by atoms with E-state index >= 15 is 0 Å². The number of rotatable bonds is 7. The van der Waals surface area contributed by atoms with Crippen molar-refractivity contribution >= 4 is 16.0 Å². The lowest BCUT2D eigenvalue weighted by molar-refractivity contribution is -0.133. The van der Waals surface area contributed by atoms with Gasteiger partial charge < -0.3 is 4.74 Å². The van der Waals surface area contributed by atoms with Crippen molar-refractivity contribution in [3.63, 3.8) is 0 Å². The molecule has 0 bridgehead atoms. The second-order valence-electron chi connectivity index (χ2n) is 5.73. The number of hydrogen-bond acceptors (Lipinski definition) is 4. The predicted octanol–water partition coefficient (Wildman–Crippen LogP) is 3.79. The van der Waals surface area contributed by atoms with E-state index in [1.54, 1.807) is 19.1 Å². The maximum atomic E-state index is 13.3. The van der Waals surface area contributed by atoms with Crippen molar-refractivity contribution in [3.8, 4) is 0 Å². The molecule has 0 aromatic heterocycles. The molecule has 0 saturated carbocycles. The van der Waals surface area contributed by atoms with E-state index in [9.17, 15) is 17.6 Å². The van der Waals surface area contributed by atoms with Crippen LogP contribution >= 0.6 is 0 Å². The quantitative estimate of drug-likeness (QED) is 0.444. The summed E-state index contributed by atoms with van der Waals surface area (Å²) in [5.74, 6) is -1.23. The fourth-order valence-electron chi connectivity index (χ4n) is 2.45. The molecule has 1 N–H and O–H groups in total. The number of esters is 1. The van der Waals surface area contributed by atoms with Gasteiger partial charge in [0.1, 0.15) is 5.82 Å². The Labute approximate surface area is 158 Å². The van der Waals surface area contributed by atoms with Crippen molar-refractivity contribution in [1.82, 2.24) is 4.72 Å². The first kappa shape index (κ1) is 20.5. The average Bonchev–Trinajstić information content (AvgIpc) is 2.63. The van der Waals surface area contributed by atoms with Gasteiger partial charge in [0.15, 0.2) is 0 Å². The lowest BCUT2D eigenvalue weighted by atomic mass is 9.99.